The zero-order valence-electron chi connectivity index (χ0n) is 27.0. The summed E-state index contributed by atoms with van der Waals surface area (Å²) in [4.78, 5) is 18.0. The molecule has 12 heteroatoms. The summed E-state index contributed by atoms with van der Waals surface area (Å²) in [5.74, 6) is 1.97. The normalized spacial score (nSPS) is 24.0. The topological polar surface area (TPSA) is 110 Å². The number of benzene rings is 3. The summed E-state index contributed by atoms with van der Waals surface area (Å²) in [5, 5.41) is 11.8. The number of aromatic hydroxyl groups is 1. The lowest BCUT2D eigenvalue weighted by molar-refractivity contribution is 0.0914. The highest BCUT2D eigenvalue weighted by Gasteiger charge is 2.50. The van der Waals surface area contributed by atoms with Gasteiger partial charge in [-0.1, -0.05) is 18.1 Å². The molecule has 1 saturated carbocycles. The van der Waals surface area contributed by atoms with Crippen LogP contribution in [0, 0.1) is 24.0 Å². The number of phenols is 1. The number of anilines is 2. The van der Waals surface area contributed by atoms with Crippen molar-refractivity contribution in [1.29, 1.82) is 0 Å². The molecule has 2 aromatic heterocycles. The first-order chi connectivity index (χ1) is 24.2. The van der Waals surface area contributed by atoms with Gasteiger partial charge in [-0.2, -0.15) is 9.97 Å². The van der Waals surface area contributed by atoms with Crippen LogP contribution in [0.2, 0.25) is 0 Å². The molecule has 3 N–H and O–H groups in total. The predicted molar refractivity (Wildman–Crippen MR) is 183 cm³/mol. The number of rotatable bonds is 6. The van der Waals surface area contributed by atoms with E-state index in [-0.39, 0.29) is 58.1 Å². The van der Waals surface area contributed by atoms with Crippen LogP contribution in [0.4, 0.5) is 24.8 Å². The van der Waals surface area contributed by atoms with Crippen molar-refractivity contribution in [3.05, 3.63) is 71.4 Å². The smallest absolute Gasteiger partial charge is 0.319 e. The summed E-state index contributed by atoms with van der Waals surface area (Å²) in [6, 6.07) is 10.6. The Kier molecular flexibility index (Phi) is 7.00. The SMILES string of the molecule is C#Cc1c(F)ccc2cc(O)cc(-c3cc4c5c(nc(OC[C@@]67CCCN6C[C@H](F)C7)nc5c3F)N(Cc3cccnc3N)[C@H]3CC[C@@H]3O4)c12. The Labute approximate surface area is 285 Å². The summed E-state index contributed by atoms with van der Waals surface area (Å²) in [7, 11) is 0. The van der Waals surface area contributed by atoms with Gasteiger partial charge in [-0.25, -0.2) is 18.2 Å². The number of halogens is 3. The van der Waals surface area contributed by atoms with Gasteiger partial charge in [0.1, 0.15) is 53.4 Å². The monoisotopic (exact) mass is 678 g/mol. The van der Waals surface area contributed by atoms with Crippen molar-refractivity contribution in [2.75, 3.05) is 30.3 Å². The van der Waals surface area contributed by atoms with Crippen LogP contribution in [0.1, 0.15) is 43.2 Å². The molecule has 5 heterocycles. The maximum Gasteiger partial charge on any atom is 0.319 e. The highest BCUT2D eigenvalue weighted by atomic mass is 19.1. The molecule has 0 bridgehead atoms. The summed E-state index contributed by atoms with van der Waals surface area (Å²) >= 11 is 0. The van der Waals surface area contributed by atoms with Crippen LogP contribution in [0.25, 0.3) is 32.8 Å². The molecule has 4 atom stereocenters. The van der Waals surface area contributed by atoms with Crippen molar-refractivity contribution in [2.24, 2.45) is 0 Å². The molecule has 4 aliphatic rings. The first-order valence-electron chi connectivity index (χ1n) is 16.8. The molecule has 3 aliphatic heterocycles. The average Bonchev–Trinajstić information content (AvgIpc) is 3.60. The second-order valence-corrected chi connectivity index (χ2v) is 13.8. The molecule has 1 aliphatic carbocycles. The third-order valence-electron chi connectivity index (χ3n) is 10.9. The van der Waals surface area contributed by atoms with E-state index in [4.69, 9.17) is 26.6 Å². The van der Waals surface area contributed by atoms with E-state index in [9.17, 15) is 9.50 Å². The minimum Gasteiger partial charge on any atom is -0.508 e. The minimum absolute atomic E-state index is 0.0172. The number of pyridine rings is 1. The number of aromatic nitrogens is 3. The van der Waals surface area contributed by atoms with Gasteiger partial charge >= 0.3 is 6.01 Å². The minimum atomic E-state index is -0.952. The van der Waals surface area contributed by atoms with Gasteiger partial charge in [0.15, 0.2) is 5.82 Å². The number of fused-ring (bicyclic) bond motifs is 3. The number of nitrogens with two attached hydrogens (primary N) is 1. The first kappa shape index (κ1) is 30.8. The van der Waals surface area contributed by atoms with Gasteiger partial charge in [0, 0.05) is 42.2 Å². The lowest BCUT2D eigenvalue weighted by Crippen LogP contribution is -2.52. The molecule has 3 fully saturated rings. The number of hydrogen-bond donors (Lipinski definition) is 2. The van der Waals surface area contributed by atoms with Crippen molar-refractivity contribution >= 4 is 33.3 Å². The van der Waals surface area contributed by atoms with Crippen LogP contribution in [0.5, 0.6) is 17.5 Å². The van der Waals surface area contributed by atoms with Gasteiger partial charge in [-0.15, -0.1) is 6.42 Å². The van der Waals surface area contributed by atoms with Gasteiger partial charge in [-0.3, -0.25) is 4.90 Å². The lowest BCUT2D eigenvalue weighted by atomic mass is 9.87. The largest absolute Gasteiger partial charge is 0.508 e. The Bertz CT molecular complexity index is 2260. The standard InChI is InChI=1S/C38H33F3N6O3/c1-2-24-27(40)7-6-20-13-23(48)14-25(31(20)24)26-15-30-32-34(33(26)41)44-37(49-19-38-10-4-12-46(38)18-22(39)16-38)45-36(32)47(28-8-9-29(28)50-30)17-21-5-3-11-43-35(21)42/h1,3,5-7,11,13-15,22,28-29,48H,4,8-10,12,16-19H2,(H2,42,43)/t22-,28+,29+,38+/m1/s1. The predicted octanol–water partition coefficient (Wildman–Crippen LogP) is 6.28. The third-order valence-corrected chi connectivity index (χ3v) is 10.9. The van der Waals surface area contributed by atoms with Crippen molar-refractivity contribution < 1.29 is 27.8 Å². The van der Waals surface area contributed by atoms with Crippen molar-refractivity contribution in [3.63, 3.8) is 0 Å². The van der Waals surface area contributed by atoms with Crippen LogP contribution in [-0.4, -0.2) is 68.5 Å². The molecule has 2 saturated heterocycles. The highest BCUT2D eigenvalue weighted by molar-refractivity contribution is 6.06. The average molecular weight is 679 g/mol. The molecular weight excluding hydrogens is 645 g/mol. The van der Waals surface area contributed by atoms with Crippen molar-refractivity contribution in [2.45, 2.75) is 62.5 Å². The summed E-state index contributed by atoms with van der Waals surface area (Å²) in [6.45, 7) is 1.61. The zero-order chi connectivity index (χ0) is 34.3. The Hall–Kier alpha value is -5.28. The number of ether oxygens (including phenoxy) is 2. The van der Waals surface area contributed by atoms with Crippen LogP contribution in [0.15, 0.2) is 48.7 Å². The second-order valence-electron chi connectivity index (χ2n) is 13.8. The molecule has 0 radical (unpaired) electrons. The van der Waals surface area contributed by atoms with Gasteiger partial charge in [0.2, 0.25) is 0 Å². The van der Waals surface area contributed by atoms with E-state index in [1.807, 2.05) is 12.1 Å². The number of nitrogen functional groups attached to an aromatic ring is 1. The Morgan fingerprint density at radius 3 is 2.80 bits per heavy atom. The van der Waals surface area contributed by atoms with Gasteiger partial charge < -0.3 is 25.2 Å². The van der Waals surface area contributed by atoms with E-state index in [0.717, 1.165) is 37.8 Å². The third kappa shape index (κ3) is 4.70. The first-order valence-corrected chi connectivity index (χ1v) is 16.8. The molecule has 254 valence electrons. The molecule has 50 heavy (non-hydrogen) atoms. The number of nitrogens with zero attached hydrogens (tertiary/aromatic N) is 5. The summed E-state index contributed by atoms with van der Waals surface area (Å²) in [6.07, 6.45) is 9.75. The number of hydrogen-bond acceptors (Lipinski definition) is 9. The maximum absolute atomic E-state index is 17.3. The maximum atomic E-state index is 17.3. The molecule has 0 spiro atoms. The van der Waals surface area contributed by atoms with Crippen LogP contribution in [0.3, 0.4) is 0 Å². The molecule has 9 rings (SSSR count). The van der Waals surface area contributed by atoms with E-state index >= 15 is 8.78 Å². The van der Waals surface area contributed by atoms with Crippen molar-refractivity contribution in [1.82, 2.24) is 19.9 Å². The van der Waals surface area contributed by atoms with Crippen LogP contribution < -0.4 is 20.1 Å². The van der Waals surface area contributed by atoms with E-state index in [2.05, 4.69) is 25.7 Å². The fourth-order valence-electron chi connectivity index (χ4n) is 8.42. The Morgan fingerprint density at radius 1 is 1.12 bits per heavy atom. The molecule has 3 aromatic carbocycles. The van der Waals surface area contributed by atoms with Crippen LogP contribution in [-0.2, 0) is 6.54 Å². The van der Waals surface area contributed by atoms with E-state index in [1.165, 1.54) is 24.3 Å². The molecule has 0 unspecified atom stereocenters. The van der Waals surface area contributed by atoms with E-state index < -0.39 is 23.3 Å². The fraction of sp³-hybridized carbons (Fsp3) is 0.342. The molecule has 0 amide bonds. The number of alkyl halides is 1. The van der Waals surface area contributed by atoms with E-state index in [0.29, 0.717) is 47.7 Å². The zero-order valence-corrected chi connectivity index (χ0v) is 27.0. The highest BCUT2D eigenvalue weighted by Crippen LogP contribution is 2.49. The fourth-order valence-corrected chi connectivity index (χ4v) is 8.42. The molecule has 5 aromatic rings. The van der Waals surface area contributed by atoms with Gasteiger partial charge in [0.05, 0.1) is 22.5 Å². The van der Waals surface area contributed by atoms with E-state index in [1.54, 1.807) is 12.3 Å². The summed E-state index contributed by atoms with van der Waals surface area (Å²) in [5.41, 5.74) is 6.64. The summed E-state index contributed by atoms with van der Waals surface area (Å²) < 4.78 is 59.9. The van der Waals surface area contributed by atoms with Gasteiger partial charge in [0.25, 0.3) is 0 Å². The van der Waals surface area contributed by atoms with Crippen molar-refractivity contribution in [3.8, 4) is 41.0 Å². The van der Waals surface area contributed by atoms with Crippen LogP contribution >= 0.6 is 0 Å². The Balaban J connectivity index is 1.26. The number of phenolic OH excluding ortho intramolecular Hbond substituents is 1. The quantitative estimate of drug-likeness (QED) is 0.201. The Morgan fingerprint density at radius 2 is 2.00 bits per heavy atom. The van der Waals surface area contributed by atoms with Gasteiger partial charge in [-0.05, 0) is 73.5 Å². The lowest BCUT2D eigenvalue weighted by Gasteiger charge is -2.42. The molecular formula is C38H33F3N6O3. The molecule has 9 nitrogen and oxygen atoms in total. The second kappa shape index (κ2) is 11.4. The number of terminal acetylenes is 1.